The van der Waals surface area contributed by atoms with Gasteiger partial charge in [0.05, 0.1) is 12.0 Å². The quantitative estimate of drug-likeness (QED) is 0.746. The van der Waals surface area contributed by atoms with Crippen LogP contribution < -0.4 is 10.9 Å². The lowest BCUT2D eigenvalue weighted by molar-refractivity contribution is -0.138. The average molecular weight is 320 g/mol. The number of carboxylic acids is 1. The lowest BCUT2D eigenvalue weighted by atomic mass is 9.88. The summed E-state index contributed by atoms with van der Waals surface area (Å²) < 4.78 is 0. The molecular weight excluding hydrogens is 296 g/mol. The van der Waals surface area contributed by atoms with Gasteiger partial charge < -0.3 is 15.4 Å². The summed E-state index contributed by atoms with van der Waals surface area (Å²) in [5.74, 6) is -1.46. The highest BCUT2D eigenvalue weighted by atomic mass is 16.4. The van der Waals surface area contributed by atoms with Gasteiger partial charge in [0.1, 0.15) is 5.56 Å². The first-order valence-electron chi connectivity index (χ1n) is 8.20. The lowest BCUT2D eigenvalue weighted by Crippen LogP contribution is -2.50. The zero-order valence-electron chi connectivity index (χ0n) is 13.7. The summed E-state index contributed by atoms with van der Waals surface area (Å²) in [4.78, 5) is 38.6. The fourth-order valence-electron chi connectivity index (χ4n) is 3.16. The summed E-state index contributed by atoms with van der Waals surface area (Å²) in [6.07, 6.45) is 4.60. The Kier molecular flexibility index (Phi) is 5.23. The van der Waals surface area contributed by atoms with Crippen molar-refractivity contribution in [2.45, 2.75) is 64.3 Å². The monoisotopic (exact) mass is 320 g/mol. The Morgan fingerprint density at radius 2 is 1.91 bits per heavy atom. The molecular formula is C17H24N2O4. The third-order valence-electron chi connectivity index (χ3n) is 4.80. The largest absolute Gasteiger partial charge is 0.481 e. The van der Waals surface area contributed by atoms with Crippen LogP contribution in [0.3, 0.4) is 0 Å². The van der Waals surface area contributed by atoms with Gasteiger partial charge in [-0.2, -0.15) is 0 Å². The molecule has 1 amide bonds. The molecule has 1 aliphatic carbocycles. The Bertz CT molecular complexity index is 659. The van der Waals surface area contributed by atoms with Crippen molar-refractivity contribution in [3.63, 3.8) is 0 Å². The molecule has 1 aromatic heterocycles. The van der Waals surface area contributed by atoms with Crippen molar-refractivity contribution in [1.82, 2.24) is 10.3 Å². The lowest BCUT2D eigenvalue weighted by Gasteiger charge is -2.31. The maximum Gasteiger partial charge on any atom is 0.305 e. The number of carbonyl (C=O) groups excluding carboxylic acids is 1. The van der Waals surface area contributed by atoms with Crippen LogP contribution in [0.2, 0.25) is 0 Å². The number of amides is 1. The van der Waals surface area contributed by atoms with E-state index in [2.05, 4.69) is 10.3 Å². The van der Waals surface area contributed by atoms with Gasteiger partial charge in [-0.25, -0.2) is 0 Å². The topological polar surface area (TPSA) is 99.3 Å². The number of carboxylic acid groups (broad SMARTS) is 1. The third kappa shape index (κ3) is 3.81. The molecule has 0 fully saturated rings. The SMILES string of the molecule is CCC(CC)(CC(=O)O)NC(=O)c1cc2c([nH]c1=O)CCCC2. The molecule has 2 rings (SSSR count). The minimum absolute atomic E-state index is 0.0716. The second-order valence-electron chi connectivity index (χ2n) is 6.24. The van der Waals surface area contributed by atoms with Gasteiger partial charge in [0.25, 0.3) is 11.5 Å². The Balaban J connectivity index is 2.29. The zero-order valence-corrected chi connectivity index (χ0v) is 13.7. The van der Waals surface area contributed by atoms with Crippen molar-refractivity contribution in [3.8, 4) is 0 Å². The second-order valence-corrected chi connectivity index (χ2v) is 6.24. The van der Waals surface area contributed by atoms with E-state index in [0.717, 1.165) is 36.9 Å². The number of aromatic nitrogens is 1. The molecule has 126 valence electrons. The fraction of sp³-hybridized carbons (Fsp3) is 0.588. The van der Waals surface area contributed by atoms with Gasteiger partial charge in [-0.15, -0.1) is 0 Å². The number of aromatic amines is 1. The molecule has 0 saturated heterocycles. The summed E-state index contributed by atoms with van der Waals surface area (Å²) in [6.45, 7) is 3.67. The predicted octanol–water partition coefficient (Wildman–Crippen LogP) is 2.02. The van der Waals surface area contributed by atoms with E-state index in [9.17, 15) is 14.4 Å². The molecule has 0 aliphatic heterocycles. The molecule has 0 bridgehead atoms. The molecule has 23 heavy (non-hydrogen) atoms. The number of fused-ring (bicyclic) bond motifs is 1. The van der Waals surface area contributed by atoms with Gasteiger partial charge in [0, 0.05) is 5.69 Å². The normalized spacial score (nSPS) is 14.2. The van der Waals surface area contributed by atoms with E-state index in [-0.39, 0.29) is 12.0 Å². The van der Waals surface area contributed by atoms with E-state index in [4.69, 9.17) is 5.11 Å². The molecule has 0 saturated carbocycles. The van der Waals surface area contributed by atoms with Gasteiger partial charge >= 0.3 is 5.97 Å². The predicted molar refractivity (Wildman–Crippen MR) is 86.7 cm³/mol. The number of H-pyrrole nitrogens is 1. The van der Waals surface area contributed by atoms with Crippen molar-refractivity contribution in [1.29, 1.82) is 0 Å². The molecule has 0 aromatic carbocycles. The summed E-state index contributed by atoms with van der Waals surface area (Å²) in [7, 11) is 0. The standard InChI is InChI=1S/C17H24N2O4/c1-3-17(4-2,10-14(20)21)19-16(23)12-9-11-7-5-6-8-13(11)18-15(12)22/h9H,3-8,10H2,1-2H3,(H,18,22)(H,19,23)(H,20,21). The van der Waals surface area contributed by atoms with E-state index in [1.165, 1.54) is 0 Å². The van der Waals surface area contributed by atoms with Crippen LogP contribution in [-0.4, -0.2) is 27.5 Å². The van der Waals surface area contributed by atoms with Crippen LogP contribution in [0, 0.1) is 0 Å². The van der Waals surface area contributed by atoms with Gasteiger partial charge in [-0.05, 0) is 50.2 Å². The molecule has 0 atom stereocenters. The summed E-state index contributed by atoms with van der Waals surface area (Å²) in [5, 5.41) is 11.9. The van der Waals surface area contributed by atoms with Gasteiger partial charge in [0.15, 0.2) is 0 Å². The number of aliphatic carboxylic acids is 1. The maximum absolute atomic E-state index is 12.5. The summed E-state index contributed by atoms with van der Waals surface area (Å²) in [6, 6.07) is 1.67. The molecule has 1 aliphatic rings. The molecule has 6 nitrogen and oxygen atoms in total. The van der Waals surface area contributed by atoms with Crippen molar-refractivity contribution < 1.29 is 14.7 Å². The van der Waals surface area contributed by atoms with Gasteiger partial charge in [0.2, 0.25) is 0 Å². The first kappa shape index (κ1) is 17.2. The minimum atomic E-state index is -0.964. The van der Waals surface area contributed by atoms with Gasteiger partial charge in [-0.1, -0.05) is 13.8 Å². The van der Waals surface area contributed by atoms with E-state index >= 15 is 0 Å². The molecule has 1 aromatic rings. The van der Waals surface area contributed by atoms with Crippen molar-refractivity contribution in [3.05, 3.63) is 33.2 Å². The number of pyridine rings is 1. The maximum atomic E-state index is 12.5. The minimum Gasteiger partial charge on any atom is -0.481 e. The first-order valence-corrected chi connectivity index (χ1v) is 8.20. The number of hydrogen-bond donors (Lipinski definition) is 3. The molecule has 1 heterocycles. The Morgan fingerprint density at radius 1 is 1.26 bits per heavy atom. The van der Waals surface area contributed by atoms with E-state index in [1.807, 2.05) is 13.8 Å². The molecule has 0 unspecified atom stereocenters. The Labute approximate surface area is 135 Å². The van der Waals surface area contributed by atoms with Crippen LogP contribution in [0.4, 0.5) is 0 Å². The van der Waals surface area contributed by atoms with E-state index < -0.39 is 23.0 Å². The molecule has 3 N–H and O–H groups in total. The number of carbonyl (C=O) groups is 2. The van der Waals surface area contributed by atoms with E-state index in [0.29, 0.717) is 12.8 Å². The average Bonchev–Trinajstić information content (AvgIpc) is 2.52. The molecule has 0 spiro atoms. The van der Waals surface area contributed by atoms with Crippen LogP contribution in [0.25, 0.3) is 0 Å². The van der Waals surface area contributed by atoms with Crippen LogP contribution in [0.1, 0.15) is 67.6 Å². The third-order valence-corrected chi connectivity index (χ3v) is 4.80. The van der Waals surface area contributed by atoms with Crippen LogP contribution in [0.5, 0.6) is 0 Å². The summed E-state index contributed by atoms with van der Waals surface area (Å²) >= 11 is 0. The zero-order chi connectivity index (χ0) is 17.0. The first-order chi connectivity index (χ1) is 10.9. The van der Waals surface area contributed by atoms with Crippen LogP contribution in [0.15, 0.2) is 10.9 Å². The number of rotatable bonds is 6. The van der Waals surface area contributed by atoms with Crippen molar-refractivity contribution >= 4 is 11.9 Å². The smallest absolute Gasteiger partial charge is 0.305 e. The van der Waals surface area contributed by atoms with Gasteiger partial charge in [-0.3, -0.25) is 14.4 Å². The fourth-order valence-corrected chi connectivity index (χ4v) is 3.16. The number of aryl methyl sites for hydroxylation is 2. The Morgan fingerprint density at radius 3 is 2.52 bits per heavy atom. The van der Waals surface area contributed by atoms with Crippen LogP contribution in [-0.2, 0) is 17.6 Å². The van der Waals surface area contributed by atoms with E-state index in [1.54, 1.807) is 6.07 Å². The highest BCUT2D eigenvalue weighted by Crippen LogP contribution is 2.22. The molecule has 6 heteroatoms. The van der Waals surface area contributed by atoms with Crippen molar-refractivity contribution in [2.75, 3.05) is 0 Å². The summed E-state index contributed by atoms with van der Waals surface area (Å²) in [5.41, 5.74) is 0.769. The second kappa shape index (κ2) is 6.98. The molecule has 0 radical (unpaired) electrons. The highest BCUT2D eigenvalue weighted by Gasteiger charge is 2.32. The number of hydrogen-bond acceptors (Lipinski definition) is 3. The highest BCUT2D eigenvalue weighted by molar-refractivity contribution is 5.94. The van der Waals surface area contributed by atoms with Crippen LogP contribution >= 0.6 is 0 Å². The van der Waals surface area contributed by atoms with Crippen molar-refractivity contribution in [2.24, 2.45) is 0 Å². The Hall–Kier alpha value is -2.11. The number of nitrogens with one attached hydrogen (secondary N) is 2.